The minimum Gasteiger partial charge on any atom is -0.387 e. The summed E-state index contributed by atoms with van der Waals surface area (Å²) in [4.78, 5) is 12.1. The highest BCUT2D eigenvalue weighted by molar-refractivity contribution is 9.10. The van der Waals surface area contributed by atoms with E-state index < -0.39 is 5.60 Å². The first-order valence-electron chi connectivity index (χ1n) is 6.73. The van der Waals surface area contributed by atoms with Gasteiger partial charge in [-0.2, -0.15) is 0 Å². The average molecular weight is 340 g/mol. The Kier molecular flexibility index (Phi) is 3.81. The zero-order chi connectivity index (χ0) is 14.2. The van der Waals surface area contributed by atoms with Gasteiger partial charge in [0.2, 0.25) is 0 Å². The van der Waals surface area contributed by atoms with Crippen LogP contribution in [-0.4, -0.2) is 46.8 Å². The Balaban J connectivity index is 1.76. The van der Waals surface area contributed by atoms with E-state index in [0.717, 1.165) is 29.0 Å². The van der Waals surface area contributed by atoms with Gasteiger partial charge >= 0.3 is 0 Å². The molecule has 0 radical (unpaired) electrons. The first-order valence-corrected chi connectivity index (χ1v) is 7.52. The molecule has 1 aromatic rings. The summed E-state index contributed by atoms with van der Waals surface area (Å²) in [6, 6.07) is 3.84. The number of halogens is 1. The van der Waals surface area contributed by atoms with E-state index in [1.54, 1.807) is 6.20 Å². The Morgan fingerprint density at radius 1 is 1.45 bits per heavy atom. The van der Waals surface area contributed by atoms with Crippen molar-refractivity contribution in [2.45, 2.75) is 24.5 Å². The number of nitrogens with one attached hydrogen (secondary N) is 1. The zero-order valence-corrected chi connectivity index (χ0v) is 12.9. The van der Waals surface area contributed by atoms with Gasteiger partial charge in [0.15, 0.2) is 0 Å². The van der Waals surface area contributed by atoms with E-state index in [2.05, 4.69) is 38.3 Å². The van der Waals surface area contributed by atoms with Crippen LogP contribution in [0.5, 0.6) is 0 Å². The van der Waals surface area contributed by atoms with Crippen molar-refractivity contribution in [1.82, 2.24) is 15.4 Å². The van der Waals surface area contributed by atoms with Gasteiger partial charge in [-0.1, -0.05) is 0 Å². The maximum atomic E-state index is 10.7. The van der Waals surface area contributed by atoms with Crippen molar-refractivity contribution in [3.8, 4) is 0 Å². The lowest BCUT2D eigenvalue weighted by Gasteiger charge is -2.38. The highest BCUT2D eigenvalue weighted by Crippen LogP contribution is 2.31. The molecule has 0 aromatic carbocycles. The number of piperidine rings is 1. The van der Waals surface area contributed by atoms with Crippen LogP contribution in [0.4, 0.5) is 0 Å². The van der Waals surface area contributed by atoms with Crippen LogP contribution in [0.1, 0.15) is 18.5 Å². The molecule has 3 heterocycles. The molecule has 0 saturated carbocycles. The standard InChI is InChI=1S/C14H18BrN3O2/c1-18-6-4-14(19,5-7-18)13-8-12(17-20-13)11-3-2-10(15)9-16-11/h2-3,8-9,13,17,19H,4-7H2,1H3. The van der Waals surface area contributed by atoms with Crippen LogP contribution in [-0.2, 0) is 4.84 Å². The van der Waals surface area contributed by atoms with Crippen LogP contribution in [0.25, 0.3) is 5.70 Å². The van der Waals surface area contributed by atoms with Crippen LogP contribution < -0.4 is 5.48 Å². The molecule has 0 spiro atoms. The Labute approximate surface area is 126 Å². The number of hydroxylamine groups is 1. The molecule has 2 N–H and O–H groups in total. The number of likely N-dealkylation sites (tertiary alicyclic amines) is 1. The van der Waals surface area contributed by atoms with Gasteiger partial charge in [-0.05, 0) is 54.0 Å². The van der Waals surface area contributed by atoms with E-state index >= 15 is 0 Å². The Morgan fingerprint density at radius 3 is 2.85 bits per heavy atom. The van der Waals surface area contributed by atoms with E-state index in [1.807, 2.05) is 18.2 Å². The first kappa shape index (κ1) is 14.0. The van der Waals surface area contributed by atoms with Crippen molar-refractivity contribution >= 4 is 21.6 Å². The van der Waals surface area contributed by atoms with Gasteiger partial charge in [-0.25, -0.2) is 0 Å². The number of pyridine rings is 1. The van der Waals surface area contributed by atoms with Crippen molar-refractivity contribution in [2.24, 2.45) is 0 Å². The van der Waals surface area contributed by atoms with Crippen LogP contribution in [0, 0.1) is 0 Å². The molecular formula is C14H18BrN3O2. The molecule has 1 unspecified atom stereocenters. The smallest absolute Gasteiger partial charge is 0.135 e. The summed E-state index contributed by atoms with van der Waals surface area (Å²) >= 11 is 3.36. The first-order chi connectivity index (χ1) is 9.57. The number of aliphatic hydroxyl groups is 1. The Hall–Kier alpha value is -0.950. The topological polar surface area (TPSA) is 57.6 Å². The summed E-state index contributed by atoms with van der Waals surface area (Å²) in [6.07, 6.45) is 4.79. The van der Waals surface area contributed by atoms with Gasteiger partial charge < -0.3 is 10.0 Å². The van der Waals surface area contributed by atoms with Gasteiger partial charge in [-0.15, -0.1) is 0 Å². The predicted octanol–water partition coefficient (Wildman–Crippen LogP) is 1.55. The molecule has 0 amide bonds. The van der Waals surface area contributed by atoms with E-state index in [0.29, 0.717) is 12.8 Å². The minimum atomic E-state index is -0.795. The molecular weight excluding hydrogens is 322 g/mol. The van der Waals surface area contributed by atoms with Gasteiger partial charge in [0.1, 0.15) is 6.10 Å². The van der Waals surface area contributed by atoms with E-state index in [9.17, 15) is 5.11 Å². The largest absolute Gasteiger partial charge is 0.387 e. The van der Waals surface area contributed by atoms with Crippen LogP contribution >= 0.6 is 15.9 Å². The highest BCUT2D eigenvalue weighted by atomic mass is 79.9. The van der Waals surface area contributed by atoms with Crippen molar-refractivity contribution in [1.29, 1.82) is 0 Å². The third kappa shape index (κ3) is 2.74. The van der Waals surface area contributed by atoms with Crippen molar-refractivity contribution in [2.75, 3.05) is 20.1 Å². The Bertz CT molecular complexity index is 510. The second kappa shape index (κ2) is 5.44. The Morgan fingerprint density at radius 2 is 2.20 bits per heavy atom. The molecule has 0 bridgehead atoms. The summed E-state index contributed by atoms with van der Waals surface area (Å²) in [7, 11) is 2.07. The number of nitrogens with zero attached hydrogens (tertiary/aromatic N) is 2. The second-order valence-electron chi connectivity index (χ2n) is 5.49. The van der Waals surface area contributed by atoms with E-state index in [1.165, 1.54) is 0 Å². The molecule has 5 nitrogen and oxygen atoms in total. The zero-order valence-electron chi connectivity index (χ0n) is 11.3. The molecule has 3 rings (SSSR count). The molecule has 2 aliphatic heterocycles. The minimum absolute atomic E-state index is 0.323. The fourth-order valence-electron chi connectivity index (χ4n) is 2.57. The summed E-state index contributed by atoms with van der Waals surface area (Å²) in [6.45, 7) is 1.77. The summed E-state index contributed by atoms with van der Waals surface area (Å²) in [5.41, 5.74) is 3.72. The van der Waals surface area contributed by atoms with Crippen LogP contribution in [0.2, 0.25) is 0 Å². The maximum Gasteiger partial charge on any atom is 0.135 e. The average Bonchev–Trinajstić information content (AvgIpc) is 2.94. The summed E-state index contributed by atoms with van der Waals surface area (Å²) < 4.78 is 0.936. The van der Waals surface area contributed by atoms with Crippen LogP contribution in [0.3, 0.4) is 0 Å². The quantitative estimate of drug-likeness (QED) is 0.856. The van der Waals surface area contributed by atoms with Gasteiger partial charge in [0.05, 0.1) is 17.0 Å². The molecule has 6 heteroatoms. The fourth-order valence-corrected chi connectivity index (χ4v) is 2.81. The molecule has 1 aromatic heterocycles. The lowest BCUT2D eigenvalue weighted by atomic mass is 9.86. The molecule has 0 aliphatic carbocycles. The molecule has 1 fully saturated rings. The van der Waals surface area contributed by atoms with Crippen LogP contribution in [0.15, 0.2) is 28.9 Å². The summed E-state index contributed by atoms with van der Waals surface area (Å²) in [5.74, 6) is 0. The highest BCUT2D eigenvalue weighted by Gasteiger charge is 2.41. The number of hydrogen-bond donors (Lipinski definition) is 2. The van der Waals surface area contributed by atoms with Gasteiger partial charge in [-0.3, -0.25) is 15.3 Å². The van der Waals surface area contributed by atoms with Crippen molar-refractivity contribution in [3.63, 3.8) is 0 Å². The molecule has 1 atom stereocenters. The maximum absolute atomic E-state index is 10.7. The predicted molar refractivity (Wildman–Crippen MR) is 79.6 cm³/mol. The molecule has 108 valence electrons. The SMILES string of the molecule is CN1CCC(O)(C2C=C(c3ccc(Br)cn3)NO2)CC1. The normalized spacial score (nSPS) is 26.1. The fraction of sp³-hybridized carbons (Fsp3) is 0.500. The third-order valence-corrected chi connectivity index (χ3v) is 4.47. The lowest BCUT2D eigenvalue weighted by molar-refractivity contribution is -0.122. The van der Waals surface area contributed by atoms with Gasteiger partial charge in [0, 0.05) is 23.8 Å². The summed E-state index contributed by atoms with van der Waals surface area (Å²) in [5, 5.41) is 10.7. The molecule has 20 heavy (non-hydrogen) atoms. The number of aromatic nitrogens is 1. The van der Waals surface area contributed by atoms with Crippen molar-refractivity contribution in [3.05, 3.63) is 34.6 Å². The third-order valence-electron chi connectivity index (χ3n) is 4.00. The number of hydrogen-bond acceptors (Lipinski definition) is 5. The second-order valence-corrected chi connectivity index (χ2v) is 6.41. The molecule has 2 aliphatic rings. The van der Waals surface area contributed by atoms with E-state index in [-0.39, 0.29) is 6.10 Å². The monoisotopic (exact) mass is 339 g/mol. The van der Waals surface area contributed by atoms with Crippen molar-refractivity contribution < 1.29 is 9.94 Å². The van der Waals surface area contributed by atoms with Gasteiger partial charge in [0.25, 0.3) is 0 Å². The van der Waals surface area contributed by atoms with E-state index in [4.69, 9.17) is 4.84 Å². The lowest BCUT2D eigenvalue weighted by Crippen LogP contribution is -2.50. The number of rotatable bonds is 2. The molecule has 1 saturated heterocycles.